The molecule has 23 heavy (non-hydrogen) atoms. The zero-order valence-electron chi connectivity index (χ0n) is 12.8. The van der Waals surface area contributed by atoms with Gasteiger partial charge in [-0.25, -0.2) is 14.4 Å². The van der Waals surface area contributed by atoms with Crippen LogP contribution < -0.4 is 9.64 Å². The highest BCUT2D eigenvalue weighted by Crippen LogP contribution is 2.36. The molecule has 0 bridgehead atoms. The van der Waals surface area contributed by atoms with Gasteiger partial charge < -0.3 is 14.4 Å². The topological polar surface area (TPSA) is 60.4 Å². The van der Waals surface area contributed by atoms with Crippen molar-refractivity contribution in [2.75, 3.05) is 44.6 Å². The van der Waals surface area contributed by atoms with Crippen molar-refractivity contribution >= 4 is 40.1 Å². The molecular formula is C14H16ClFN4O2S. The van der Waals surface area contributed by atoms with Gasteiger partial charge in [0.15, 0.2) is 16.1 Å². The standard InChI is InChI=1S/C14H16ClFN4O2S/c1-21-13-8-10(9(16)11(15)18-13)17-14(23-2)19-12(8)20-4-3-6-22-7-5-20/h3-7H2,1-2H3. The van der Waals surface area contributed by atoms with Crippen molar-refractivity contribution in [1.82, 2.24) is 15.0 Å². The molecule has 0 aliphatic carbocycles. The first-order valence-electron chi connectivity index (χ1n) is 7.13. The molecule has 0 N–H and O–H groups in total. The number of nitrogens with zero attached hydrogens (tertiary/aromatic N) is 4. The van der Waals surface area contributed by atoms with Gasteiger partial charge in [-0.3, -0.25) is 0 Å². The lowest BCUT2D eigenvalue weighted by atomic mass is 10.2. The Kier molecular flexibility index (Phi) is 5.03. The number of anilines is 1. The molecule has 1 saturated heterocycles. The molecule has 2 aromatic rings. The van der Waals surface area contributed by atoms with E-state index >= 15 is 0 Å². The van der Waals surface area contributed by atoms with Crippen LogP contribution in [-0.4, -0.2) is 54.6 Å². The minimum absolute atomic E-state index is 0.126. The normalized spacial score (nSPS) is 15.7. The molecule has 0 unspecified atom stereocenters. The van der Waals surface area contributed by atoms with Crippen LogP contribution in [0.1, 0.15) is 6.42 Å². The number of methoxy groups -OCH3 is 1. The lowest BCUT2D eigenvalue weighted by Gasteiger charge is -2.23. The van der Waals surface area contributed by atoms with Crippen molar-refractivity contribution in [3.05, 3.63) is 11.0 Å². The molecule has 0 saturated carbocycles. The molecule has 9 heteroatoms. The van der Waals surface area contributed by atoms with Crippen molar-refractivity contribution in [3.8, 4) is 5.88 Å². The number of rotatable bonds is 3. The van der Waals surface area contributed by atoms with Gasteiger partial charge in [0, 0.05) is 19.7 Å². The van der Waals surface area contributed by atoms with E-state index < -0.39 is 5.82 Å². The Hall–Kier alpha value is -1.38. The van der Waals surface area contributed by atoms with E-state index in [0.29, 0.717) is 36.1 Å². The molecule has 6 nitrogen and oxygen atoms in total. The third-order valence-corrected chi connectivity index (χ3v) is 4.37. The van der Waals surface area contributed by atoms with E-state index in [9.17, 15) is 4.39 Å². The SMILES string of the molecule is COc1nc(Cl)c(F)c2nc(SC)nc(N3CCCOCC3)c12. The molecule has 2 aromatic heterocycles. The van der Waals surface area contributed by atoms with E-state index in [1.807, 2.05) is 11.2 Å². The van der Waals surface area contributed by atoms with Crippen molar-refractivity contribution in [2.45, 2.75) is 11.6 Å². The number of halogens is 2. The number of aromatic nitrogens is 3. The summed E-state index contributed by atoms with van der Waals surface area (Å²) in [5, 5.41) is 0.653. The number of thioether (sulfide) groups is 1. The lowest BCUT2D eigenvalue weighted by Crippen LogP contribution is -2.27. The molecule has 0 amide bonds. The minimum Gasteiger partial charge on any atom is -0.480 e. The maximum Gasteiger partial charge on any atom is 0.228 e. The van der Waals surface area contributed by atoms with Crippen LogP contribution in [0.3, 0.4) is 0 Å². The summed E-state index contributed by atoms with van der Waals surface area (Å²) >= 11 is 7.21. The smallest absolute Gasteiger partial charge is 0.228 e. The van der Waals surface area contributed by atoms with Crippen LogP contribution in [0.15, 0.2) is 5.16 Å². The van der Waals surface area contributed by atoms with E-state index in [1.165, 1.54) is 18.9 Å². The fraction of sp³-hybridized carbons (Fsp3) is 0.500. The van der Waals surface area contributed by atoms with E-state index in [-0.39, 0.29) is 16.5 Å². The van der Waals surface area contributed by atoms with Gasteiger partial charge in [-0.2, -0.15) is 4.98 Å². The molecule has 0 aromatic carbocycles. The number of hydrogen-bond donors (Lipinski definition) is 0. The van der Waals surface area contributed by atoms with Crippen LogP contribution in [0.2, 0.25) is 5.15 Å². The number of hydrogen-bond acceptors (Lipinski definition) is 7. The second-order valence-corrected chi connectivity index (χ2v) is 6.07. The van der Waals surface area contributed by atoms with Crippen LogP contribution >= 0.6 is 23.4 Å². The summed E-state index contributed by atoms with van der Waals surface area (Å²) < 4.78 is 25.2. The summed E-state index contributed by atoms with van der Waals surface area (Å²) in [6.45, 7) is 2.71. The molecular weight excluding hydrogens is 343 g/mol. The van der Waals surface area contributed by atoms with E-state index in [1.54, 1.807) is 0 Å². The summed E-state index contributed by atoms with van der Waals surface area (Å²) in [6, 6.07) is 0. The van der Waals surface area contributed by atoms with Gasteiger partial charge in [0.05, 0.1) is 13.7 Å². The zero-order chi connectivity index (χ0) is 16.4. The van der Waals surface area contributed by atoms with Crippen LogP contribution in [0, 0.1) is 5.82 Å². The summed E-state index contributed by atoms with van der Waals surface area (Å²) in [6.07, 6.45) is 2.71. The van der Waals surface area contributed by atoms with Crippen molar-refractivity contribution in [3.63, 3.8) is 0 Å². The van der Waals surface area contributed by atoms with Crippen LogP contribution in [0.5, 0.6) is 5.88 Å². The Balaban J connectivity index is 2.27. The average molecular weight is 359 g/mol. The first kappa shape index (κ1) is 16.5. The Morgan fingerprint density at radius 2 is 2.09 bits per heavy atom. The van der Waals surface area contributed by atoms with Gasteiger partial charge in [-0.15, -0.1) is 0 Å². The first-order chi connectivity index (χ1) is 11.2. The minimum atomic E-state index is -0.660. The van der Waals surface area contributed by atoms with Gasteiger partial charge >= 0.3 is 0 Å². The number of ether oxygens (including phenoxy) is 2. The maximum absolute atomic E-state index is 14.5. The molecule has 0 spiro atoms. The number of fused-ring (bicyclic) bond motifs is 1. The highest BCUT2D eigenvalue weighted by molar-refractivity contribution is 7.98. The summed E-state index contributed by atoms with van der Waals surface area (Å²) in [5.41, 5.74) is 0.126. The summed E-state index contributed by atoms with van der Waals surface area (Å²) in [5.74, 6) is 0.163. The van der Waals surface area contributed by atoms with Crippen LogP contribution in [0.4, 0.5) is 10.2 Å². The van der Waals surface area contributed by atoms with E-state index in [2.05, 4.69) is 15.0 Å². The summed E-state index contributed by atoms with van der Waals surface area (Å²) in [7, 11) is 1.47. The molecule has 1 aliphatic heterocycles. The second kappa shape index (κ2) is 7.02. The van der Waals surface area contributed by atoms with Crippen molar-refractivity contribution < 1.29 is 13.9 Å². The molecule has 124 valence electrons. The molecule has 0 atom stereocenters. The summed E-state index contributed by atoms with van der Waals surface area (Å²) in [4.78, 5) is 14.8. The lowest BCUT2D eigenvalue weighted by molar-refractivity contribution is 0.152. The van der Waals surface area contributed by atoms with Gasteiger partial charge in [0.2, 0.25) is 5.88 Å². The Morgan fingerprint density at radius 3 is 2.83 bits per heavy atom. The van der Waals surface area contributed by atoms with E-state index in [0.717, 1.165) is 13.0 Å². The zero-order valence-corrected chi connectivity index (χ0v) is 14.4. The fourth-order valence-electron chi connectivity index (χ4n) is 2.50. The monoisotopic (exact) mass is 358 g/mol. The third kappa shape index (κ3) is 3.15. The fourth-order valence-corrected chi connectivity index (χ4v) is 3.03. The predicted octanol–water partition coefficient (Wildman–Crippen LogP) is 2.77. The third-order valence-electron chi connectivity index (χ3n) is 3.57. The quantitative estimate of drug-likeness (QED) is 0.475. The predicted molar refractivity (Wildman–Crippen MR) is 88.3 cm³/mol. The first-order valence-corrected chi connectivity index (χ1v) is 8.73. The van der Waals surface area contributed by atoms with Gasteiger partial charge in [-0.05, 0) is 12.7 Å². The van der Waals surface area contributed by atoms with Crippen molar-refractivity contribution in [2.24, 2.45) is 0 Å². The Morgan fingerprint density at radius 1 is 1.26 bits per heavy atom. The Labute approximate surface area is 142 Å². The second-order valence-electron chi connectivity index (χ2n) is 4.94. The molecule has 3 heterocycles. The highest BCUT2D eigenvalue weighted by atomic mass is 35.5. The molecule has 3 rings (SSSR count). The van der Waals surface area contributed by atoms with Gasteiger partial charge in [0.1, 0.15) is 16.7 Å². The largest absolute Gasteiger partial charge is 0.480 e. The van der Waals surface area contributed by atoms with Crippen molar-refractivity contribution in [1.29, 1.82) is 0 Å². The van der Waals surface area contributed by atoms with Crippen LogP contribution in [0.25, 0.3) is 10.9 Å². The Bertz CT molecular complexity index is 726. The number of pyridine rings is 1. The van der Waals surface area contributed by atoms with Gasteiger partial charge in [0.25, 0.3) is 0 Å². The molecule has 0 radical (unpaired) electrons. The van der Waals surface area contributed by atoms with E-state index in [4.69, 9.17) is 21.1 Å². The molecule has 1 aliphatic rings. The maximum atomic E-state index is 14.5. The highest BCUT2D eigenvalue weighted by Gasteiger charge is 2.24. The van der Waals surface area contributed by atoms with Crippen LogP contribution in [-0.2, 0) is 4.74 Å². The van der Waals surface area contributed by atoms with Gasteiger partial charge in [-0.1, -0.05) is 23.4 Å². The average Bonchev–Trinajstić information content (AvgIpc) is 2.86. The molecule has 1 fully saturated rings.